The summed E-state index contributed by atoms with van der Waals surface area (Å²) in [6, 6.07) is 3.85. The third-order valence-electron chi connectivity index (χ3n) is 3.21. The predicted molar refractivity (Wildman–Crippen MR) is 66.3 cm³/mol. The minimum Gasteiger partial charge on any atom is -0.496 e. The van der Waals surface area contributed by atoms with Crippen LogP contribution in [0.15, 0.2) is 12.1 Å². The molecule has 0 amide bonds. The first-order chi connectivity index (χ1) is 7.52. The number of Topliss-reactive ketones (excluding diaryl/α,β-unsaturated/α-hetero) is 1. The lowest BCUT2D eigenvalue weighted by molar-refractivity contribution is 0.0924. The molecule has 0 fully saturated rings. The molecular formula is C14H20O2. The Hall–Kier alpha value is -1.31. The molecule has 0 heterocycles. The highest BCUT2D eigenvalue weighted by Gasteiger charge is 2.19. The molecule has 1 atom stereocenters. The van der Waals surface area contributed by atoms with Gasteiger partial charge in [-0.1, -0.05) is 19.9 Å². The molecule has 0 aliphatic heterocycles. The first-order valence-electron chi connectivity index (χ1n) is 5.71. The van der Waals surface area contributed by atoms with Crippen LogP contribution in [0.25, 0.3) is 0 Å². The summed E-state index contributed by atoms with van der Waals surface area (Å²) in [4.78, 5) is 12.1. The Morgan fingerprint density at radius 3 is 2.50 bits per heavy atom. The quantitative estimate of drug-likeness (QED) is 0.725. The van der Waals surface area contributed by atoms with E-state index in [0.717, 1.165) is 23.3 Å². The van der Waals surface area contributed by atoms with Gasteiger partial charge in [0.25, 0.3) is 0 Å². The van der Waals surface area contributed by atoms with Gasteiger partial charge in [0.2, 0.25) is 0 Å². The molecule has 0 aliphatic carbocycles. The van der Waals surface area contributed by atoms with Crippen molar-refractivity contribution in [2.75, 3.05) is 7.11 Å². The molecule has 1 rings (SSSR count). The summed E-state index contributed by atoms with van der Waals surface area (Å²) in [6.07, 6.45) is 0.856. The van der Waals surface area contributed by atoms with Crippen molar-refractivity contribution in [1.29, 1.82) is 0 Å². The average Bonchev–Trinajstić information content (AvgIpc) is 2.30. The number of methoxy groups -OCH3 is 1. The molecule has 0 radical (unpaired) electrons. The van der Waals surface area contributed by atoms with Crippen molar-refractivity contribution in [3.63, 3.8) is 0 Å². The number of rotatable bonds is 4. The predicted octanol–water partition coefficient (Wildman–Crippen LogP) is 3.54. The first-order valence-corrected chi connectivity index (χ1v) is 5.71. The summed E-state index contributed by atoms with van der Waals surface area (Å²) >= 11 is 0. The van der Waals surface area contributed by atoms with Gasteiger partial charge in [-0.05, 0) is 37.5 Å². The SMILES string of the molecule is CCC(C)C(=O)c1ccc(C)c(C)c1OC. The number of benzene rings is 1. The second kappa shape index (κ2) is 5.15. The van der Waals surface area contributed by atoms with E-state index in [2.05, 4.69) is 0 Å². The molecule has 0 aromatic heterocycles. The van der Waals surface area contributed by atoms with Crippen LogP contribution >= 0.6 is 0 Å². The number of carbonyl (C=O) groups is 1. The fraction of sp³-hybridized carbons (Fsp3) is 0.500. The monoisotopic (exact) mass is 220 g/mol. The van der Waals surface area contributed by atoms with E-state index in [-0.39, 0.29) is 11.7 Å². The van der Waals surface area contributed by atoms with Crippen molar-refractivity contribution >= 4 is 5.78 Å². The Morgan fingerprint density at radius 2 is 2.00 bits per heavy atom. The molecule has 16 heavy (non-hydrogen) atoms. The highest BCUT2D eigenvalue weighted by atomic mass is 16.5. The molecule has 0 spiro atoms. The lowest BCUT2D eigenvalue weighted by Crippen LogP contribution is -2.12. The van der Waals surface area contributed by atoms with Gasteiger partial charge in [-0.2, -0.15) is 0 Å². The van der Waals surface area contributed by atoms with Gasteiger partial charge in [-0.15, -0.1) is 0 Å². The van der Waals surface area contributed by atoms with Gasteiger partial charge < -0.3 is 4.74 Å². The smallest absolute Gasteiger partial charge is 0.169 e. The molecule has 0 N–H and O–H groups in total. The normalized spacial score (nSPS) is 12.3. The van der Waals surface area contributed by atoms with Crippen molar-refractivity contribution in [3.05, 3.63) is 28.8 Å². The highest BCUT2D eigenvalue weighted by Crippen LogP contribution is 2.28. The molecule has 1 aromatic carbocycles. The molecule has 1 aromatic rings. The van der Waals surface area contributed by atoms with Crippen molar-refractivity contribution in [1.82, 2.24) is 0 Å². The van der Waals surface area contributed by atoms with E-state index in [1.165, 1.54) is 0 Å². The zero-order chi connectivity index (χ0) is 12.3. The van der Waals surface area contributed by atoms with E-state index in [1.807, 2.05) is 39.8 Å². The van der Waals surface area contributed by atoms with Crippen molar-refractivity contribution in [2.24, 2.45) is 5.92 Å². The van der Waals surface area contributed by atoms with Gasteiger partial charge >= 0.3 is 0 Å². The van der Waals surface area contributed by atoms with E-state index in [4.69, 9.17) is 4.74 Å². The molecule has 0 saturated carbocycles. The number of hydrogen-bond acceptors (Lipinski definition) is 2. The molecule has 88 valence electrons. The summed E-state index contributed by atoms with van der Waals surface area (Å²) in [7, 11) is 1.62. The molecule has 0 saturated heterocycles. The van der Waals surface area contributed by atoms with Crippen LogP contribution in [-0.2, 0) is 0 Å². The first kappa shape index (κ1) is 12.8. The lowest BCUT2D eigenvalue weighted by Gasteiger charge is -2.15. The molecule has 2 nitrogen and oxygen atoms in total. The summed E-state index contributed by atoms with van der Waals surface area (Å²) in [5.74, 6) is 0.948. The van der Waals surface area contributed by atoms with Gasteiger partial charge in [0.05, 0.1) is 12.7 Å². The van der Waals surface area contributed by atoms with Crippen LogP contribution in [-0.4, -0.2) is 12.9 Å². The Kier molecular flexibility index (Phi) is 4.11. The zero-order valence-electron chi connectivity index (χ0n) is 10.8. The van der Waals surface area contributed by atoms with Gasteiger partial charge in [0.1, 0.15) is 5.75 Å². The minimum absolute atomic E-state index is 0.0519. The van der Waals surface area contributed by atoms with Crippen LogP contribution in [0.4, 0.5) is 0 Å². The van der Waals surface area contributed by atoms with Gasteiger partial charge in [0, 0.05) is 5.92 Å². The Balaban J connectivity index is 3.24. The van der Waals surface area contributed by atoms with Crippen LogP contribution < -0.4 is 4.74 Å². The molecule has 0 aliphatic rings. The van der Waals surface area contributed by atoms with Crippen molar-refractivity contribution < 1.29 is 9.53 Å². The Labute approximate surface area is 97.6 Å². The number of aryl methyl sites for hydroxylation is 1. The van der Waals surface area contributed by atoms with E-state index >= 15 is 0 Å². The zero-order valence-corrected chi connectivity index (χ0v) is 10.8. The summed E-state index contributed by atoms with van der Waals surface area (Å²) in [5, 5.41) is 0. The van der Waals surface area contributed by atoms with E-state index in [1.54, 1.807) is 7.11 Å². The molecule has 1 unspecified atom stereocenters. The van der Waals surface area contributed by atoms with E-state index < -0.39 is 0 Å². The van der Waals surface area contributed by atoms with Crippen LogP contribution in [0, 0.1) is 19.8 Å². The van der Waals surface area contributed by atoms with Crippen LogP contribution in [0.3, 0.4) is 0 Å². The van der Waals surface area contributed by atoms with E-state index in [0.29, 0.717) is 5.56 Å². The standard InChI is InChI=1S/C14H20O2/c1-6-9(2)13(15)12-8-7-10(3)11(4)14(12)16-5/h7-9H,6H2,1-5H3. The number of carbonyl (C=O) groups excluding carboxylic acids is 1. The molecule has 0 bridgehead atoms. The second-order valence-corrected chi connectivity index (χ2v) is 4.26. The largest absolute Gasteiger partial charge is 0.496 e. The Bertz CT molecular complexity index is 394. The number of ether oxygens (including phenoxy) is 1. The van der Waals surface area contributed by atoms with Crippen LogP contribution in [0.5, 0.6) is 5.75 Å². The summed E-state index contributed by atoms with van der Waals surface area (Å²) in [5.41, 5.74) is 2.91. The maximum absolute atomic E-state index is 12.1. The average molecular weight is 220 g/mol. The molecular weight excluding hydrogens is 200 g/mol. The fourth-order valence-corrected chi connectivity index (χ4v) is 1.70. The van der Waals surface area contributed by atoms with Gasteiger partial charge in [-0.3, -0.25) is 4.79 Å². The second-order valence-electron chi connectivity index (χ2n) is 4.26. The van der Waals surface area contributed by atoms with Crippen LogP contribution in [0.1, 0.15) is 41.8 Å². The third kappa shape index (κ3) is 2.26. The fourth-order valence-electron chi connectivity index (χ4n) is 1.70. The third-order valence-corrected chi connectivity index (χ3v) is 3.21. The highest BCUT2D eigenvalue weighted by molar-refractivity contribution is 6.00. The maximum atomic E-state index is 12.1. The van der Waals surface area contributed by atoms with Gasteiger partial charge in [-0.25, -0.2) is 0 Å². The maximum Gasteiger partial charge on any atom is 0.169 e. The minimum atomic E-state index is 0.0519. The summed E-state index contributed by atoms with van der Waals surface area (Å²) < 4.78 is 5.35. The van der Waals surface area contributed by atoms with Crippen molar-refractivity contribution in [3.8, 4) is 5.75 Å². The van der Waals surface area contributed by atoms with E-state index in [9.17, 15) is 4.79 Å². The number of ketones is 1. The lowest BCUT2D eigenvalue weighted by atomic mass is 9.93. The molecule has 2 heteroatoms. The van der Waals surface area contributed by atoms with Crippen LogP contribution in [0.2, 0.25) is 0 Å². The Morgan fingerprint density at radius 1 is 1.38 bits per heavy atom. The van der Waals surface area contributed by atoms with Gasteiger partial charge in [0.15, 0.2) is 5.78 Å². The topological polar surface area (TPSA) is 26.3 Å². The van der Waals surface area contributed by atoms with Crippen molar-refractivity contribution in [2.45, 2.75) is 34.1 Å². The summed E-state index contributed by atoms with van der Waals surface area (Å²) in [6.45, 7) is 7.99. The number of hydrogen-bond donors (Lipinski definition) is 0.